The van der Waals surface area contributed by atoms with Gasteiger partial charge in [0.1, 0.15) is 11.5 Å². The number of hydrogen-bond donors (Lipinski definition) is 1. The Kier molecular flexibility index (Phi) is 5.45. The van der Waals surface area contributed by atoms with Crippen LogP contribution in [0.4, 0.5) is 19.0 Å². The third kappa shape index (κ3) is 4.33. The maximum absolute atomic E-state index is 12.8. The second-order valence-corrected chi connectivity index (χ2v) is 5.51. The van der Waals surface area contributed by atoms with Crippen LogP contribution in [0.1, 0.15) is 44.2 Å². The molecule has 0 aromatic carbocycles. The van der Waals surface area contributed by atoms with E-state index in [9.17, 15) is 13.2 Å². The lowest BCUT2D eigenvalue weighted by Gasteiger charge is -2.35. The number of aromatic nitrogens is 1. The van der Waals surface area contributed by atoms with Gasteiger partial charge in [-0.15, -0.1) is 0 Å². The number of pyridine rings is 1. The van der Waals surface area contributed by atoms with Gasteiger partial charge in [0.2, 0.25) is 0 Å². The van der Waals surface area contributed by atoms with E-state index in [0.29, 0.717) is 18.9 Å². The van der Waals surface area contributed by atoms with Crippen molar-refractivity contribution in [1.82, 2.24) is 4.98 Å². The number of alkyl halides is 3. The zero-order valence-corrected chi connectivity index (χ0v) is 12.1. The molecule has 0 unspecified atom stereocenters. The molecule has 1 aliphatic rings. The predicted molar refractivity (Wildman–Crippen MR) is 77.1 cm³/mol. The molecular formula is C15H22F3N3. The Bertz CT molecular complexity index is 442. The van der Waals surface area contributed by atoms with Gasteiger partial charge in [-0.1, -0.05) is 25.3 Å². The monoisotopic (exact) mass is 301 g/mol. The van der Waals surface area contributed by atoms with Crippen molar-refractivity contribution < 1.29 is 13.2 Å². The molecule has 1 aromatic rings. The molecule has 1 heterocycles. The summed E-state index contributed by atoms with van der Waals surface area (Å²) in [6.07, 6.45) is 1.85. The quantitative estimate of drug-likeness (QED) is 0.903. The molecule has 0 radical (unpaired) electrons. The van der Waals surface area contributed by atoms with Crippen molar-refractivity contribution in [2.75, 3.05) is 18.0 Å². The Morgan fingerprint density at radius 2 is 1.90 bits per heavy atom. The summed E-state index contributed by atoms with van der Waals surface area (Å²) in [6, 6.07) is 4.40. The van der Waals surface area contributed by atoms with Gasteiger partial charge in [0.05, 0.1) is 0 Å². The van der Waals surface area contributed by atoms with Gasteiger partial charge in [-0.2, -0.15) is 13.2 Å². The highest BCUT2D eigenvalue weighted by atomic mass is 19.4. The molecule has 0 amide bonds. The zero-order chi connectivity index (χ0) is 15.3. The summed E-state index contributed by atoms with van der Waals surface area (Å²) in [4.78, 5) is 5.85. The van der Waals surface area contributed by atoms with Gasteiger partial charge in [-0.25, -0.2) is 4.98 Å². The van der Waals surface area contributed by atoms with Crippen molar-refractivity contribution in [3.05, 3.63) is 23.9 Å². The highest BCUT2D eigenvalue weighted by Gasteiger charge is 2.33. The van der Waals surface area contributed by atoms with Crippen molar-refractivity contribution in [2.24, 2.45) is 5.73 Å². The summed E-state index contributed by atoms with van der Waals surface area (Å²) >= 11 is 0. The minimum atomic E-state index is -4.40. The van der Waals surface area contributed by atoms with Crippen molar-refractivity contribution in [1.29, 1.82) is 0 Å². The fraction of sp³-hybridized carbons (Fsp3) is 0.667. The van der Waals surface area contributed by atoms with Crippen molar-refractivity contribution in [2.45, 2.75) is 50.7 Å². The lowest BCUT2D eigenvalue weighted by Crippen LogP contribution is -2.39. The summed E-state index contributed by atoms with van der Waals surface area (Å²) in [5, 5.41) is 0. The Hall–Kier alpha value is -1.30. The molecule has 6 heteroatoms. The summed E-state index contributed by atoms with van der Waals surface area (Å²) in [7, 11) is 0. The van der Waals surface area contributed by atoms with E-state index in [1.807, 2.05) is 4.90 Å². The van der Waals surface area contributed by atoms with Gasteiger partial charge in [0.15, 0.2) is 0 Å². The lowest BCUT2D eigenvalue weighted by molar-refractivity contribution is -0.141. The fourth-order valence-electron chi connectivity index (χ4n) is 2.88. The predicted octanol–water partition coefficient (Wildman–Crippen LogP) is 3.59. The maximum Gasteiger partial charge on any atom is 0.433 e. The van der Waals surface area contributed by atoms with Crippen LogP contribution in [0.5, 0.6) is 0 Å². The van der Waals surface area contributed by atoms with Gasteiger partial charge in [-0.3, -0.25) is 0 Å². The number of hydrogen-bond acceptors (Lipinski definition) is 3. The molecule has 1 saturated carbocycles. The summed E-state index contributed by atoms with van der Waals surface area (Å²) in [6.45, 7) is 1.19. The van der Waals surface area contributed by atoms with E-state index >= 15 is 0 Å². The summed E-state index contributed by atoms with van der Waals surface area (Å²) in [5.41, 5.74) is 4.73. The lowest BCUT2D eigenvalue weighted by atomic mass is 9.94. The molecule has 1 aromatic heterocycles. The Morgan fingerprint density at radius 1 is 1.19 bits per heavy atom. The minimum absolute atomic E-state index is 0.279. The Balaban J connectivity index is 2.22. The van der Waals surface area contributed by atoms with Gasteiger partial charge in [-0.05, 0) is 37.9 Å². The van der Waals surface area contributed by atoms with E-state index < -0.39 is 11.9 Å². The average Bonchev–Trinajstić information content (AvgIpc) is 2.48. The van der Waals surface area contributed by atoms with Crippen LogP contribution in [0, 0.1) is 0 Å². The first kappa shape index (κ1) is 16.1. The molecule has 1 aliphatic carbocycles. The van der Waals surface area contributed by atoms with Gasteiger partial charge >= 0.3 is 6.18 Å². The second-order valence-electron chi connectivity index (χ2n) is 5.51. The van der Waals surface area contributed by atoms with Crippen LogP contribution in [-0.2, 0) is 6.18 Å². The summed E-state index contributed by atoms with van der Waals surface area (Å²) in [5.74, 6) is 0.421. The molecule has 118 valence electrons. The topological polar surface area (TPSA) is 42.1 Å². The SMILES string of the molecule is NCCCN(c1cccc(C(F)(F)F)n1)C1CCCCC1. The molecule has 0 saturated heterocycles. The third-order valence-electron chi connectivity index (χ3n) is 3.94. The molecule has 2 N–H and O–H groups in total. The van der Waals surface area contributed by atoms with E-state index in [2.05, 4.69) is 4.98 Å². The standard InChI is InChI=1S/C15H22F3N3/c16-15(17,18)13-8-4-9-14(20-13)21(11-5-10-19)12-6-2-1-3-7-12/h4,8-9,12H,1-3,5-7,10-11,19H2. The van der Waals surface area contributed by atoms with E-state index in [1.54, 1.807) is 6.07 Å². The van der Waals surface area contributed by atoms with E-state index in [4.69, 9.17) is 5.73 Å². The molecule has 0 bridgehead atoms. The number of nitrogens with two attached hydrogens (primary N) is 1. The fourth-order valence-corrected chi connectivity index (χ4v) is 2.88. The first-order valence-electron chi connectivity index (χ1n) is 7.53. The van der Waals surface area contributed by atoms with E-state index in [1.165, 1.54) is 12.5 Å². The van der Waals surface area contributed by atoms with Crippen molar-refractivity contribution in [3.63, 3.8) is 0 Å². The number of nitrogens with zero attached hydrogens (tertiary/aromatic N) is 2. The highest BCUT2D eigenvalue weighted by Crippen LogP contribution is 2.31. The Labute approximate surface area is 123 Å². The van der Waals surface area contributed by atoms with E-state index in [-0.39, 0.29) is 6.04 Å². The number of anilines is 1. The van der Waals surface area contributed by atoms with Crippen LogP contribution in [0.25, 0.3) is 0 Å². The molecule has 1 fully saturated rings. The molecule has 21 heavy (non-hydrogen) atoms. The summed E-state index contributed by atoms with van der Waals surface area (Å²) < 4.78 is 38.5. The van der Waals surface area contributed by atoms with E-state index in [0.717, 1.165) is 38.2 Å². The van der Waals surface area contributed by atoms with Crippen LogP contribution in [0.15, 0.2) is 18.2 Å². The molecule has 0 spiro atoms. The van der Waals surface area contributed by atoms with Crippen molar-refractivity contribution in [3.8, 4) is 0 Å². The molecule has 0 aliphatic heterocycles. The Morgan fingerprint density at radius 3 is 2.52 bits per heavy atom. The first-order valence-corrected chi connectivity index (χ1v) is 7.53. The van der Waals surface area contributed by atoms with Gasteiger partial charge in [0.25, 0.3) is 0 Å². The third-order valence-corrected chi connectivity index (χ3v) is 3.94. The molecule has 0 atom stereocenters. The maximum atomic E-state index is 12.8. The molecule has 2 rings (SSSR count). The molecule has 3 nitrogen and oxygen atoms in total. The average molecular weight is 301 g/mol. The van der Waals surface area contributed by atoms with Crippen LogP contribution in [0.3, 0.4) is 0 Å². The first-order chi connectivity index (χ1) is 10.0. The van der Waals surface area contributed by atoms with Crippen LogP contribution in [0.2, 0.25) is 0 Å². The van der Waals surface area contributed by atoms with Gasteiger partial charge in [0, 0.05) is 12.6 Å². The highest BCUT2D eigenvalue weighted by molar-refractivity contribution is 5.41. The number of rotatable bonds is 5. The van der Waals surface area contributed by atoms with Crippen LogP contribution in [-0.4, -0.2) is 24.1 Å². The minimum Gasteiger partial charge on any atom is -0.354 e. The van der Waals surface area contributed by atoms with Crippen molar-refractivity contribution >= 4 is 5.82 Å². The van der Waals surface area contributed by atoms with Crippen LogP contribution < -0.4 is 10.6 Å². The smallest absolute Gasteiger partial charge is 0.354 e. The zero-order valence-electron chi connectivity index (χ0n) is 12.1. The van der Waals surface area contributed by atoms with Gasteiger partial charge < -0.3 is 10.6 Å². The largest absolute Gasteiger partial charge is 0.433 e. The molecular weight excluding hydrogens is 279 g/mol. The number of halogens is 3. The second kappa shape index (κ2) is 7.11. The van der Waals surface area contributed by atoms with Crippen LogP contribution >= 0.6 is 0 Å². The normalized spacial score (nSPS) is 17.0.